The van der Waals surface area contributed by atoms with Gasteiger partial charge in [-0.3, -0.25) is 9.59 Å². The maximum absolute atomic E-state index is 12.6. The average molecular weight is 280 g/mol. The highest BCUT2D eigenvalue weighted by atomic mass is 16.4. The summed E-state index contributed by atoms with van der Waals surface area (Å²) in [5.41, 5.74) is 5.68. The number of carboxylic acid groups (broad SMARTS) is 1. The van der Waals surface area contributed by atoms with Gasteiger partial charge in [-0.1, -0.05) is 12.8 Å². The summed E-state index contributed by atoms with van der Waals surface area (Å²) in [5, 5.41) is 12.2. The van der Waals surface area contributed by atoms with E-state index < -0.39 is 11.5 Å². The number of rotatable bonds is 4. The molecular formula is C15H24N2O3. The molecule has 0 spiro atoms. The Bertz CT molecular complexity index is 415. The van der Waals surface area contributed by atoms with Crippen molar-refractivity contribution in [3.05, 3.63) is 0 Å². The summed E-state index contributed by atoms with van der Waals surface area (Å²) in [6.45, 7) is 0. The number of carbonyl (C=O) groups is 2. The van der Waals surface area contributed by atoms with Crippen LogP contribution in [0.15, 0.2) is 0 Å². The summed E-state index contributed by atoms with van der Waals surface area (Å²) in [6.07, 6.45) is 6.91. The Morgan fingerprint density at radius 2 is 1.85 bits per heavy atom. The van der Waals surface area contributed by atoms with Crippen LogP contribution in [0.1, 0.15) is 51.4 Å². The molecule has 5 nitrogen and oxygen atoms in total. The number of nitrogens with one attached hydrogen (secondary N) is 1. The number of amides is 1. The van der Waals surface area contributed by atoms with Crippen LogP contribution in [0.4, 0.5) is 0 Å². The van der Waals surface area contributed by atoms with E-state index in [4.69, 9.17) is 10.8 Å². The number of nitrogens with two attached hydrogens (primary N) is 1. The monoisotopic (exact) mass is 280 g/mol. The van der Waals surface area contributed by atoms with E-state index in [1.54, 1.807) is 0 Å². The lowest BCUT2D eigenvalue weighted by atomic mass is 9.83. The third kappa shape index (κ3) is 2.32. The summed E-state index contributed by atoms with van der Waals surface area (Å²) >= 11 is 0. The molecule has 0 aromatic carbocycles. The molecule has 0 saturated heterocycles. The van der Waals surface area contributed by atoms with Gasteiger partial charge in [0.15, 0.2) is 0 Å². The van der Waals surface area contributed by atoms with Crippen LogP contribution in [0.2, 0.25) is 0 Å². The third-order valence-electron chi connectivity index (χ3n) is 5.72. The van der Waals surface area contributed by atoms with Crippen LogP contribution < -0.4 is 11.1 Å². The Hall–Kier alpha value is -1.10. The molecule has 4 atom stereocenters. The Kier molecular flexibility index (Phi) is 3.48. The van der Waals surface area contributed by atoms with Crippen molar-refractivity contribution in [1.29, 1.82) is 0 Å². The van der Waals surface area contributed by atoms with Gasteiger partial charge in [0, 0.05) is 6.04 Å². The lowest BCUT2D eigenvalue weighted by Gasteiger charge is -2.34. The first-order valence-electron chi connectivity index (χ1n) is 7.80. The van der Waals surface area contributed by atoms with Gasteiger partial charge in [-0.2, -0.15) is 0 Å². The van der Waals surface area contributed by atoms with Gasteiger partial charge in [0.2, 0.25) is 5.91 Å². The number of carbonyl (C=O) groups excluding carboxylic acids is 1. The van der Waals surface area contributed by atoms with Gasteiger partial charge in [0.1, 0.15) is 0 Å². The van der Waals surface area contributed by atoms with Gasteiger partial charge in [-0.05, 0) is 43.9 Å². The van der Waals surface area contributed by atoms with Crippen molar-refractivity contribution < 1.29 is 14.7 Å². The molecule has 1 amide bonds. The minimum atomic E-state index is -0.829. The normalized spacial score (nSPS) is 38.0. The molecule has 112 valence electrons. The average Bonchev–Trinajstić information content (AvgIpc) is 3.03. The van der Waals surface area contributed by atoms with Crippen molar-refractivity contribution >= 4 is 11.9 Å². The predicted octanol–water partition coefficient (Wildman–Crippen LogP) is 1.26. The Morgan fingerprint density at radius 1 is 1.20 bits per heavy atom. The lowest BCUT2D eigenvalue weighted by molar-refractivity contribution is -0.139. The second-order valence-corrected chi connectivity index (χ2v) is 6.98. The molecule has 0 aliphatic heterocycles. The minimum Gasteiger partial charge on any atom is -0.481 e. The van der Waals surface area contributed by atoms with Crippen molar-refractivity contribution in [3.63, 3.8) is 0 Å². The van der Waals surface area contributed by atoms with Crippen LogP contribution in [0.3, 0.4) is 0 Å². The molecular weight excluding hydrogens is 256 g/mol. The molecule has 4 unspecified atom stereocenters. The van der Waals surface area contributed by atoms with E-state index in [0.29, 0.717) is 11.8 Å². The molecule has 20 heavy (non-hydrogen) atoms. The molecule has 3 rings (SSSR count). The first-order chi connectivity index (χ1) is 9.51. The maximum atomic E-state index is 12.6. The topological polar surface area (TPSA) is 92.4 Å². The lowest BCUT2D eigenvalue weighted by Crippen LogP contribution is -2.54. The number of fused-ring (bicyclic) bond motifs is 2. The van der Waals surface area contributed by atoms with Crippen molar-refractivity contribution in [2.24, 2.45) is 23.5 Å². The van der Waals surface area contributed by atoms with Crippen LogP contribution in [-0.4, -0.2) is 28.6 Å². The number of carboxylic acids is 1. The van der Waals surface area contributed by atoms with E-state index in [2.05, 4.69) is 5.32 Å². The van der Waals surface area contributed by atoms with E-state index in [1.807, 2.05) is 0 Å². The fourth-order valence-corrected chi connectivity index (χ4v) is 4.76. The van der Waals surface area contributed by atoms with Crippen LogP contribution >= 0.6 is 0 Å². The SMILES string of the molecule is NC1C2CCC(C2)C1C(=O)NC1(CC(=O)O)CCCC1. The summed E-state index contributed by atoms with van der Waals surface area (Å²) < 4.78 is 0. The summed E-state index contributed by atoms with van der Waals surface area (Å²) in [5.74, 6) is -0.00894. The van der Waals surface area contributed by atoms with Gasteiger partial charge < -0.3 is 16.2 Å². The van der Waals surface area contributed by atoms with E-state index in [0.717, 1.165) is 44.9 Å². The van der Waals surface area contributed by atoms with Gasteiger partial charge in [-0.15, -0.1) is 0 Å². The highest BCUT2D eigenvalue weighted by Crippen LogP contribution is 2.48. The van der Waals surface area contributed by atoms with Gasteiger partial charge in [0.25, 0.3) is 0 Å². The maximum Gasteiger partial charge on any atom is 0.305 e. The van der Waals surface area contributed by atoms with Gasteiger partial charge in [0.05, 0.1) is 17.9 Å². The minimum absolute atomic E-state index is 0.00727. The van der Waals surface area contributed by atoms with Crippen LogP contribution in [-0.2, 0) is 9.59 Å². The van der Waals surface area contributed by atoms with Crippen LogP contribution in [0, 0.1) is 17.8 Å². The first kappa shape index (κ1) is 13.9. The van der Waals surface area contributed by atoms with Crippen molar-refractivity contribution in [2.45, 2.75) is 62.9 Å². The summed E-state index contributed by atoms with van der Waals surface area (Å²) in [4.78, 5) is 23.7. The summed E-state index contributed by atoms with van der Waals surface area (Å²) in [7, 11) is 0. The molecule has 0 heterocycles. The number of hydrogen-bond acceptors (Lipinski definition) is 3. The second kappa shape index (κ2) is 5.02. The quantitative estimate of drug-likeness (QED) is 0.723. The van der Waals surface area contributed by atoms with Crippen LogP contribution in [0.5, 0.6) is 0 Å². The Labute approximate surface area is 119 Å². The molecule has 0 aromatic heterocycles. The molecule has 4 N–H and O–H groups in total. The van der Waals surface area contributed by atoms with E-state index in [-0.39, 0.29) is 24.3 Å². The molecule has 0 radical (unpaired) electrons. The molecule has 5 heteroatoms. The van der Waals surface area contributed by atoms with Crippen LogP contribution in [0.25, 0.3) is 0 Å². The molecule has 3 saturated carbocycles. The van der Waals surface area contributed by atoms with Crippen molar-refractivity contribution in [1.82, 2.24) is 5.32 Å². The molecule has 2 bridgehead atoms. The smallest absolute Gasteiger partial charge is 0.305 e. The Morgan fingerprint density at radius 3 is 2.40 bits per heavy atom. The van der Waals surface area contributed by atoms with Gasteiger partial charge in [-0.25, -0.2) is 0 Å². The standard InChI is InChI=1S/C15H24N2O3/c16-13-10-4-3-9(7-10)12(13)14(20)17-15(8-11(18)19)5-1-2-6-15/h9-10,12-13H,1-8,16H2,(H,17,20)(H,18,19). The zero-order valence-electron chi connectivity index (χ0n) is 11.8. The molecule has 0 aromatic rings. The van der Waals surface area contributed by atoms with E-state index in [9.17, 15) is 9.59 Å². The molecule has 3 aliphatic rings. The summed E-state index contributed by atoms with van der Waals surface area (Å²) in [6, 6.07) is -0.0305. The highest BCUT2D eigenvalue weighted by molar-refractivity contribution is 5.82. The zero-order chi connectivity index (χ0) is 14.3. The van der Waals surface area contributed by atoms with Crippen molar-refractivity contribution in [2.75, 3.05) is 0 Å². The first-order valence-corrected chi connectivity index (χ1v) is 7.80. The third-order valence-corrected chi connectivity index (χ3v) is 5.72. The van der Waals surface area contributed by atoms with E-state index in [1.165, 1.54) is 0 Å². The number of hydrogen-bond donors (Lipinski definition) is 3. The fraction of sp³-hybridized carbons (Fsp3) is 0.867. The second-order valence-electron chi connectivity index (χ2n) is 6.98. The molecule has 3 aliphatic carbocycles. The highest BCUT2D eigenvalue weighted by Gasteiger charge is 2.50. The number of aliphatic carboxylic acids is 1. The van der Waals surface area contributed by atoms with E-state index >= 15 is 0 Å². The molecule has 3 fully saturated rings. The Balaban J connectivity index is 1.69. The predicted molar refractivity (Wildman–Crippen MR) is 73.9 cm³/mol. The van der Waals surface area contributed by atoms with Gasteiger partial charge >= 0.3 is 5.97 Å². The largest absolute Gasteiger partial charge is 0.481 e. The zero-order valence-corrected chi connectivity index (χ0v) is 11.8. The fourth-order valence-electron chi connectivity index (χ4n) is 4.76. The van der Waals surface area contributed by atoms with Crippen molar-refractivity contribution in [3.8, 4) is 0 Å².